The molecule has 2 aliphatic rings. The maximum absolute atomic E-state index is 13.2. The molecule has 0 bridgehead atoms. The van der Waals surface area contributed by atoms with Crippen LogP contribution in [0.15, 0.2) is 54.1 Å². The zero-order chi connectivity index (χ0) is 23.4. The minimum atomic E-state index is -0.760. The van der Waals surface area contributed by atoms with Gasteiger partial charge in [-0.3, -0.25) is 14.5 Å². The molecule has 2 aliphatic heterocycles. The fourth-order valence-electron chi connectivity index (χ4n) is 4.30. The van der Waals surface area contributed by atoms with Crippen molar-refractivity contribution in [3.63, 3.8) is 0 Å². The molecule has 0 unspecified atom stereocenters. The van der Waals surface area contributed by atoms with Crippen molar-refractivity contribution in [2.24, 2.45) is 0 Å². The lowest BCUT2D eigenvalue weighted by Gasteiger charge is -2.31. The molecule has 2 saturated heterocycles. The molecule has 1 atom stereocenters. The molecule has 4 rings (SSSR count). The van der Waals surface area contributed by atoms with Crippen molar-refractivity contribution in [2.45, 2.75) is 6.04 Å². The van der Waals surface area contributed by atoms with Crippen LogP contribution >= 0.6 is 0 Å². The van der Waals surface area contributed by atoms with Crippen LogP contribution in [0.25, 0.3) is 5.76 Å². The topological polar surface area (TPSA) is 88.5 Å². The van der Waals surface area contributed by atoms with Crippen molar-refractivity contribution >= 4 is 17.4 Å². The third-order valence-electron chi connectivity index (χ3n) is 6.10. The van der Waals surface area contributed by atoms with Gasteiger partial charge in [0.25, 0.3) is 11.7 Å². The van der Waals surface area contributed by atoms with Gasteiger partial charge in [0.1, 0.15) is 17.3 Å². The Labute approximate surface area is 193 Å². The summed E-state index contributed by atoms with van der Waals surface area (Å²) in [6.45, 7) is 3.78. The van der Waals surface area contributed by atoms with Gasteiger partial charge in [0, 0.05) is 37.3 Å². The van der Waals surface area contributed by atoms with Crippen molar-refractivity contribution in [1.29, 1.82) is 0 Å². The standard InChI is InChI=1S/C25H28N2O6/c1-31-18-9-7-17(8-10-18)23(28)21-22(19-5-3-4-6-20(19)32-2)27(25(30)24(21)29)12-11-26-13-15-33-16-14-26/h3-10,22,28H,11-16H2,1-2H3/b23-21+/t22-/m1/s1. The van der Waals surface area contributed by atoms with E-state index in [0.29, 0.717) is 48.9 Å². The molecule has 2 fully saturated rings. The second kappa shape index (κ2) is 10.1. The predicted octanol–water partition coefficient (Wildman–Crippen LogP) is 2.46. The Morgan fingerprint density at radius 2 is 1.70 bits per heavy atom. The average molecular weight is 453 g/mol. The smallest absolute Gasteiger partial charge is 0.295 e. The number of rotatable bonds is 7. The largest absolute Gasteiger partial charge is 0.507 e. The molecule has 0 aliphatic carbocycles. The van der Waals surface area contributed by atoms with Gasteiger partial charge in [-0.15, -0.1) is 0 Å². The number of methoxy groups -OCH3 is 2. The Kier molecular flexibility index (Phi) is 6.96. The number of benzene rings is 2. The number of carbonyl (C=O) groups is 2. The molecule has 1 amide bonds. The number of ether oxygens (including phenoxy) is 3. The number of nitrogens with zero attached hydrogens (tertiary/aromatic N) is 2. The zero-order valence-corrected chi connectivity index (χ0v) is 18.8. The monoisotopic (exact) mass is 452 g/mol. The number of hydrogen-bond donors (Lipinski definition) is 1. The fourth-order valence-corrected chi connectivity index (χ4v) is 4.30. The highest BCUT2D eigenvalue weighted by molar-refractivity contribution is 6.46. The molecule has 1 N–H and O–H groups in total. The Morgan fingerprint density at radius 3 is 2.36 bits per heavy atom. The SMILES string of the molecule is COc1ccc(/C(O)=C2\C(=O)C(=O)N(CCN3CCOCC3)[C@@H]2c2ccccc2OC)cc1. The highest BCUT2D eigenvalue weighted by atomic mass is 16.5. The van der Waals surface area contributed by atoms with E-state index in [2.05, 4.69) is 4.90 Å². The highest BCUT2D eigenvalue weighted by Gasteiger charge is 2.47. The van der Waals surface area contributed by atoms with E-state index in [-0.39, 0.29) is 11.3 Å². The van der Waals surface area contributed by atoms with Crippen LogP contribution in [0, 0.1) is 0 Å². The maximum atomic E-state index is 13.2. The molecule has 2 aromatic carbocycles. The number of aliphatic hydroxyl groups excluding tert-OH is 1. The Balaban J connectivity index is 1.76. The molecule has 2 heterocycles. The Morgan fingerprint density at radius 1 is 1.00 bits per heavy atom. The van der Waals surface area contributed by atoms with Gasteiger partial charge in [-0.1, -0.05) is 18.2 Å². The molecule has 8 nitrogen and oxygen atoms in total. The summed E-state index contributed by atoms with van der Waals surface area (Å²) in [4.78, 5) is 30.0. The third kappa shape index (κ3) is 4.58. The molecule has 0 spiro atoms. The quantitative estimate of drug-likeness (QED) is 0.392. The summed E-state index contributed by atoms with van der Waals surface area (Å²) in [6, 6.07) is 13.2. The summed E-state index contributed by atoms with van der Waals surface area (Å²) in [6.07, 6.45) is 0. The summed E-state index contributed by atoms with van der Waals surface area (Å²) < 4.78 is 16.1. The highest BCUT2D eigenvalue weighted by Crippen LogP contribution is 2.42. The van der Waals surface area contributed by atoms with Gasteiger partial charge in [0.05, 0.1) is 39.0 Å². The lowest BCUT2D eigenvalue weighted by molar-refractivity contribution is -0.140. The average Bonchev–Trinajstić information content (AvgIpc) is 3.12. The van der Waals surface area contributed by atoms with Gasteiger partial charge < -0.3 is 24.2 Å². The maximum Gasteiger partial charge on any atom is 0.295 e. The van der Waals surface area contributed by atoms with E-state index < -0.39 is 17.7 Å². The number of aliphatic hydroxyl groups is 1. The number of para-hydroxylation sites is 1. The van der Waals surface area contributed by atoms with Gasteiger partial charge in [0.15, 0.2) is 0 Å². The van der Waals surface area contributed by atoms with Crippen LogP contribution in [0.4, 0.5) is 0 Å². The van der Waals surface area contributed by atoms with Crippen LogP contribution in [-0.4, -0.2) is 80.2 Å². The normalized spacial score (nSPS) is 20.8. The molecular weight excluding hydrogens is 424 g/mol. The van der Waals surface area contributed by atoms with E-state index in [9.17, 15) is 14.7 Å². The molecule has 8 heteroatoms. The Hall–Kier alpha value is -3.36. The van der Waals surface area contributed by atoms with E-state index in [1.54, 1.807) is 44.6 Å². The van der Waals surface area contributed by atoms with E-state index in [1.807, 2.05) is 18.2 Å². The van der Waals surface area contributed by atoms with E-state index in [1.165, 1.54) is 4.90 Å². The fraction of sp³-hybridized carbons (Fsp3) is 0.360. The van der Waals surface area contributed by atoms with Gasteiger partial charge >= 0.3 is 0 Å². The number of Topliss-reactive ketones (excluding diaryl/α,β-unsaturated/α-hetero) is 1. The lowest BCUT2D eigenvalue weighted by atomic mass is 9.94. The van der Waals surface area contributed by atoms with Crippen molar-refractivity contribution in [3.8, 4) is 11.5 Å². The molecule has 2 aromatic rings. The van der Waals surface area contributed by atoms with Crippen molar-refractivity contribution in [1.82, 2.24) is 9.80 Å². The van der Waals surface area contributed by atoms with E-state index in [0.717, 1.165) is 13.1 Å². The van der Waals surface area contributed by atoms with Crippen molar-refractivity contribution in [2.75, 3.05) is 53.6 Å². The number of amides is 1. The summed E-state index contributed by atoms with van der Waals surface area (Å²) >= 11 is 0. The summed E-state index contributed by atoms with van der Waals surface area (Å²) in [5.74, 6) is -0.392. The predicted molar refractivity (Wildman–Crippen MR) is 122 cm³/mol. The summed E-state index contributed by atoms with van der Waals surface area (Å²) in [5.41, 5.74) is 1.13. The molecular formula is C25H28N2O6. The first-order valence-corrected chi connectivity index (χ1v) is 10.9. The van der Waals surface area contributed by atoms with Gasteiger partial charge in [0.2, 0.25) is 0 Å². The number of carbonyl (C=O) groups excluding carboxylic acids is 2. The molecule has 33 heavy (non-hydrogen) atoms. The molecule has 0 saturated carbocycles. The van der Waals surface area contributed by atoms with E-state index in [4.69, 9.17) is 14.2 Å². The first-order chi connectivity index (χ1) is 16.0. The molecule has 0 radical (unpaired) electrons. The van der Waals surface area contributed by atoms with Gasteiger partial charge in [-0.05, 0) is 30.3 Å². The van der Waals surface area contributed by atoms with Crippen molar-refractivity contribution in [3.05, 3.63) is 65.2 Å². The number of likely N-dealkylation sites (tertiary alicyclic amines) is 1. The molecule has 0 aromatic heterocycles. The summed E-state index contributed by atoms with van der Waals surface area (Å²) in [7, 11) is 3.10. The second-order valence-corrected chi connectivity index (χ2v) is 7.92. The number of ketones is 1. The third-order valence-corrected chi connectivity index (χ3v) is 6.10. The van der Waals surface area contributed by atoms with Crippen LogP contribution in [0.1, 0.15) is 17.2 Å². The minimum Gasteiger partial charge on any atom is -0.507 e. The van der Waals surface area contributed by atoms with Crippen LogP contribution < -0.4 is 9.47 Å². The molecule has 174 valence electrons. The van der Waals surface area contributed by atoms with Crippen LogP contribution in [0.3, 0.4) is 0 Å². The minimum absolute atomic E-state index is 0.0524. The first kappa shape index (κ1) is 22.8. The van der Waals surface area contributed by atoms with Crippen LogP contribution in [0.5, 0.6) is 11.5 Å². The summed E-state index contributed by atoms with van der Waals surface area (Å²) in [5, 5.41) is 11.2. The second-order valence-electron chi connectivity index (χ2n) is 7.92. The number of hydrogen-bond acceptors (Lipinski definition) is 7. The van der Waals surface area contributed by atoms with Crippen LogP contribution in [0.2, 0.25) is 0 Å². The Bertz CT molecular complexity index is 1040. The van der Waals surface area contributed by atoms with Gasteiger partial charge in [-0.2, -0.15) is 0 Å². The van der Waals surface area contributed by atoms with E-state index >= 15 is 0 Å². The lowest BCUT2D eigenvalue weighted by Crippen LogP contribution is -2.42. The van der Waals surface area contributed by atoms with Gasteiger partial charge in [-0.25, -0.2) is 0 Å². The van der Waals surface area contributed by atoms with Crippen molar-refractivity contribution < 1.29 is 28.9 Å². The van der Waals surface area contributed by atoms with Crippen LogP contribution in [-0.2, 0) is 14.3 Å². The number of morpholine rings is 1. The first-order valence-electron chi connectivity index (χ1n) is 10.9. The zero-order valence-electron chi connectivity index (χ0n) is 18.8.